The van der Waals surface area contributed by atoms with Crippen LogP contribution in [-0.2, 0) is 9.53 Å². The average molecular weight is 348 g/mol. The number of amides is 2. The van der Waals surface area contributed by atoms with Crippen molar-refractivity contribution in [2.75, 3.05) is 18.4 Å². The van der Waals surface area contributed by atoms with Crippen molar-refractivity contribution in [3.63, 3.8) is 0 Å². The molecule has 0 bridgehead atoms. The van der Waals surface area contributed by atoms with Gasteiger partial charge in [0.25, 0.3) is 0 Å². The normalized spacial score (nSPS) is 14.8. The lowest BCUT2D eigenvalue weighted by molar-refractivity contribution is -0.114. The maximum Gasteiger partial charge on any atom is 0.410 e. The molecule has 5 nitrogen and oxygen atoms in total. The number of halogens is 1. The standard InChI is InChI=1S/C19H25FN2O3/c1-12-10-15(16(20)11-17(12)21-13(2)23)14-6-8-22(9-7-14)18(24)25-19(3,4)5/h6,10-11H,7-9H2,1-5H3,(H,21,23). The number of hydrogen-bond acceptors (Lipinski definition) is 3. The lowest BCUT2D eigenvalue weighted by Crippen LogP contribution is -2.39. The first kappa shape index (κ1) is 19.0. The molecule has 2 rings (SSSR count). The summed E-state index contributed by atoms with van der Waals surface area (Å²) >= 11 is 0. The minimum absolute atomic E-state index is 0.236. The van der Waals surface area contributed by atoms with E-state index in [1.165, 1.54) is 13.0 Å². The van der Waals surface area contributed by atoms with Gasteiger partial charge >= 0.3 is 6.09 Å². The number of anilines is 1. The lowest BCUT2D eigenvalue weighted by atomic mass is 9.96. The lowest BCUT2D eigenvalue weighted by Gasteiger charge is -2.29. The third kappa shape index (κ3) is 5.05. The summed E-state index contributed by atoms with van der Waals surface area (Å²) in [6, 6.07) is 3.07. The third-order valence-corrected chi connectivity index (χ3v) is 3.83. The quantitative estimate of drug-likeness (QED) is 0.875. The molecule has 2 amide bonds. The van der Waals surface area contributed by atoms with Gasteiger partial charge in [-0.15, -0.1) is 0 Å². The highest BCUT2D eigenvalue weighted by Gasteiger charge is 2.24. The van der Waals surface area contributed by atoms with Crippen molar-refractivity contribution in [2.45, 2.75) is 46.6 Å². The van der Waals surface area contributed by atoms with Crippen LogP contribution in [0.4, 0.5) is 14.9 Å². The molecule has 1 heterocycles. The van der Waals surface area contributed by atoms with E-state index in [0.717, 1.165) is 11.1 Å². The molecule has 0 saturated carbocycles. The van der Waals surface area contributed by atoms with Gasteiger partial charge < -0.3 is 15.0 Å². The minimum Gasteiger partial charge on any atom is -0.444 e. The summed E-state index contributed by atoms with van der Waals surface area (Å²) in [5, 5.41) is 2.62. The van der Waals surface area contributed by atoms with E-state index < -0.39 is 5.60 Å². The zero-order valence-electron chi connectivity index (χ0n) is 15.4. The van der Waals surface area contributed by atoms with E-state index in [1.807, 2.05) is 33.8 Å². The van der Waals surface area contributed by atoms with Crippen LogP contribution in [-0.4, -0.2) is 35.6 Å². The first-order chi connectivity index (χ1) is 11.6. The van der Waals surface area contributed by atoms with Crippen molar-refractivity contribution in [3.8, 4) is 0 Å². The SMILES string of the molecule is CC(=O)Nc1cc(F)c(C2=CCN(C(=O)OC(C)(C)C)CC2)cc1C. The zero-order chi connectivity index (χ0) is 18.8. The molecule has 1 N–H and O–H groups in total. The summed E-state index contributed by atoms with van der Waals surface area (Å²) in [5.74, 6) is -0.619. The Labute approximate surface area is 147 Å². The molecule has 0 atom stereocenters. The van der Waals surface area contributed by atoms with Crippen molar-refractivity contribution in [1.29, 1.82) is 0 Å². The molecule has 1 aliphatic heterocycles. The van der Waals surface area contributed by atoms with Gasteiger partial charge in [-0.3, -0.25) is 4.79 Å². The van der Waals surface area contributed by atoms with Crippen LogP contribution in [0.1, 0.15) is 45.2 Å². The summed E-state index contributed by atoms with van der Waals surface area (Å²) in [6.45, 7) is 9.55. The first-order valence-electron chi connectivity index (χ1n) is 8.32. The number of aryl methyl sites for hydroxylation is 1. The molecular weight excluding hydrogens is 323 g/mol. The highest BCUT2D eigenvalue weighted by atomic mass is 19.1. The molecule has 1 aromatic rings. The van der Waals surface area contributed by atoms with Gasteiger partial charge in [-0.1, -0.05) is 6.08 Å². The van der Waals surface area contributed by atoms with E-state index in [0.29, 0.717) is 30.8 Å². The predicted molar refractivity (Wildman–Crippen MR) is 95.8 cm³/mol. The monoisotopic (exact) mass is 348 g/mol. The molecule has 6 heteroatoms. The van der Waals surface area contributed by atoms with Gasteiger partial charge in [0.15, 0.2) is 0 Å². The van der Waals surface area contributed by atoms with Crippen LogP contribution >= 0.6 is 0 Å². The number of rotatable bonds is 2. The van der Waals surface area contributed by atoms with Crippen LogP contribution in [0.3, 0.4) is 0 Å². The number of carbonyl (C=O) groups is 2. The number of hydrogen-bond donors (Lipinski definition) is 1. The molecule has 0 spiro atoms. The minimum atomic E-state index is -0.538. The number of ether oxygens (including phenoxy) is 1. The molecule has 0 fully saturated rings. The second-order valence-electron chi connectivity index (χ2n) is 7.23. The molecule has 0 saturated heterocycles. The van der Waals surface area contributed by atoms with Gasteiger partial charge in [-0.2, -0.15) is 0 Å². The maximum absolute atomic E-state index is 14.4. The Morgan fingerprint density at radius 2 is 1.96 bits per heavy atom. The Morgan fingerprint density at radius 1 is 1.28 bits per heavy atom. The largest absolute Gasteiger partial charge is 0.444 e. The molecule has 0 aliphatic carbocycles. The van der Waals surface area contributed by atoms with E-state index >= 15 is 0 Å². The van der Waals surface area contributed by atoms with Gasteiger partial charge in [-0.25, -0.2) is 9.18 Å². The van der Waals surface area contributed by atoms with E-state index in [4.69, 9.17) is 4.74 Å². The molecular formula is C19H25FN2O3. The fourth-order valence-corrected chi connectivity index (χ4v) is 2.66. The van der Waals surface area contributed by atoms with Crippen LogP contribution in [0.2, 0.25) is 0 Å². The average Bonchev–Trinajstić information content (AvgIpc) is 2.48. The Bertz CT molecular complexity index is 720. The first-order valence-corrected chi connectivity index (χ1v) is 8.32. The van der Waals surface area contributed by atoms with Crippen molar-refractivity contribution < 1.29 is 18.7 Å². The number of nitrogens with zero attached hydrogens (tertiary/aromatic N) is 1. The van der Waals surface area contributed by atoms with Crippen molar-refractivity contribution in [3.05, 3.63) is 35.2 Å². The molecule has 0 aromatic heterocycles. The van der Waals surface area contributed by atoms with Crippen LogP contribution in [0.15, 0.2) is 18.2 Å². The topological polar surface area (TPSA) is 58.6 Å². The molecule has 25 heavy (non-hydrogen) atoms. The second-order valence-corrected chi connectivity index (χ2v) is 7.23. The molecule has 1 aromatic carbocycles. The Balaban J connectivity index is 2.15. The molecule has 0 radical (unpaired) electrons. The maximum atomic E-state index is 14.4. The zero-order valence-corrected chi connectivity index (χ0v) is 15.4. The van der Waals surface area contributed by atoms with Gasteiger partial charge in [0.1, 0.15) is 11.4 Å². The number of nitrogens with one attached hydrogen (secondary N) is 1. The number of carbonyl (C=O) groups excluding carboxylic acids is 2. The van der Waals surface area contributed by atoms with Gasteiger partial charge in [0.05, 0.1) is 0 Å². The van der Waals surface area contributed by atoms with E-state index in [2.05, 4.69) is 5.32 Å². The Morgan fingerprint density at radius 3 is 2.48 bits per heavy atom. The van der Waals surface area contributed by atoms with E-state index in [9.17, 15) is 14.0 Å². The van der Waals surface area contributed by atoms with Gasteiger partial charge in [0, 0.05) is 31.3 Å². The van der Waals surface area contributed by atoms with E-state index in [-0.39, 0.29) is 17.8 Å². The Kier molecular flexibility index (Phi) is 5.50. The smallest absolute Gasteiger partial charge is 0.410 e. The van der Waals surface area contributed by atoms with Crippen molar-refractivity contribution in [1.82, 2.24) is 4.90 Å². The summed E-state index contributed by atoms with van der Waals surface area (Å²) in [5.41, 5.74) is 2.09. The second kappa shape index (κ2) is 7.25. The molecule has 136 valence electrons. The highest BCUT2D eigenvalue weighted by molar-refractivity contribution is 5.90. The highest BCUT2D eigenvalue weighted by Crippen LogP contribution is 2.29. The Hall–Kier alpha value is -2.37. The summed E-state index contributed by atoms with van der Waals surface area (Å²) in [4.78, 5) is 24.9. The van der Waals surface area contributed by atoms with Crippen molar-refractivity contribution in [2.24, 2.45) is 0 Å². The van der Waals surface area contributed by atoms with Crippen molar-refractivity contribution >= 4 is 23.3 Å². The summed E-state index contributed by atoms with van der Waals surface area (Å²) < 4.78 is 19.8. The van der Waals surface area contributed by atoms with Crippen LogP contribution < -0.4 is 5.32 Å². The third-order valence-electron chi connectivity index (χ3n) is 3.83. The van der Waals surface area contributed by atoms with Crippen LogP contribution in [0.5, 0.6) is 0 Å². The molecule has 0 unspecified atom stereocenters. The van der Waals surface area contributed by atoms with Crippen LogP contribution in [0, 0.1) is 12.7 Å². The fraction of sp³-hybridized carbons (Fsp3) is 0.474. The van der Waals surface area contributed by atoms with Crippen LogP contribution in [0.25, 0.3) is 5.57 Å². The predicted octanol–water partition coefficient (Wildman–Crippen LogP) is 4.12. The number of benzene rings is 1. The fourth-order valence-electron chi connectivity index (χ4n) is 2.66. The molecule has 1 aliphatic rings. The van der Waals surface area contributed by atoms with E-state index in [1.54, 1.807) is 11.0 Å². The van der Waals surface area contributed by atoms with Gasteiger partial charge in [-0.05, 0) is 57.4 Å². The summed E-state index contributed by atoms with van der Waals surface area (Å²) in [6.07, 6.45) is 2.04. The van der Waals surface area contributed by atoms with Gasteiger partial charge in [0.2, 0.25) is 5.91 Å². The summed E-state index contributed by atoms with van der Waals surface area (Å²) in [7, 11) is 0.